The number of H-pyrrole nitrogens is 1. The van der Waals surface area contributed by atoms with Crippen molar-refractivity contribution in [1.29, 1.82) is 0 Å². The van der Waals surface area contributed by atoms with Gasteiger partial charge in [0.2, 0.25) is 10.0 Å². The molecule has 0 unspecified atom stereocenters. The highest BCUT2D eigenvalue weighted by atomic mass is 32.2. The molecule has 0 spiro atoms. The van der Waals surface area contributed by atoms with E-state index in [1.54, 1.807) is 4.31 Å². The Kier molecular flexibility index (Phi) is 5.37. The summed E-state index contributed by atoms with van der Waals surface area (Å²) in [5.41, 5.74) is 5.65. The lowest BCUT2D eigenvalue weighted by Gasteiger charge is -2.30. The fraction of sp³-hybridized carbons (Fsp3) is 0.750. The molecule has 0 saturated carbocycles. The van der Waals surface area contributed by atoms with Gasteiger partial charge in [0.15, 0.2) is 0 Å². The highest BCUT2D eigenvalue weighted by Gasteiger charge is 2.32. The van der Waals surface area contributed by atoms with Crippen molar-refractivity contribution in [3.05, 3.63) is 6.20 Å². The minimum absolute atomic E-state index is 0.0123. The van der Waals surface area contributed by atoms with Crippen molar-refractivity contribution >= 4 is 15.8 Å². The van der Waals surface area contributed by atoms with E-state index in [9.17, 15) is 8.42 Å². The monoisotopic (exact) mass is 288 g/mol. The van der Waals surface area contributed by atoms with E-state index in [0.29, 0.717) is 6.54 Å². The highest BCUT2D eigenvalue weighted by molar-refractivity contribution is 7.89. The maximum absolute atomic E-state index is 12.7. The number of aromatic nitrogens is 2. The Bertz CT molecular complexity index is 492. The van der Waals surface area contributed by atoms with Gasteiger partial charge >= 0.3 is 0 Å². The quantitative estimate of drug-likeness (QED) is 0.800. The summed E-state index contributed by atoms with van der Waals surface area (Å²) in [6.45, 7) is 8.48. The standard InChI is InChI=1S/C12H24N4O2S/c1-5-10(6-2)16(8-9(3)4)19(17,18)11-7-14-15-12(11)13/h7,9-10H,5-6,8H2,1-4H3,(H3,13,14,15). The zero-order valence-corrected chi connectivity index (χ0v) is 12.9. The predicted molar refractivity (Wildman–Crippen MR) is 76.1 cm³/mol. The van der Waals surface area contributed by atoms with Gasteiger partial charge in [-0.1, -0.05) is 27.7 Å². The molecule has 1 aromatic rings. The van der Waals surface area contributed by atoms with Crippen molar-refractivity contribution in [2.75, 3.05) is 12.3 Å². The molecule has 1 heterocycles. The molecule has 1 aromatic heterocycles. The second-order valence-corrected chi connectivity index (χ2v) is 6.95. The largest absolute Gasteiger partial charge is 0.383 e. The first-order chi connectivity index (χ1) is 8.84. The Morgan fingerprint density at radius 1 is 1.37 bits per heavy atom. The van der Waals surface area contributed by atoms with Crippen molar-refractivity contribution in [3.63, 3.8) is 0 Å². The zero-order valence-electron chi connectivity index (χ0n) is 12.0. The normalized spacial score (nSPS) is 12.8. The van der Waals surface area contributed by atoms with Gasteiger partial charge in [-0.2, -0.15) is 9.40 Å². The Labute approximate surface area is 115 Å². The summed E-state index contributed by atoms with van der Waals surface area (Å²) >= 11 is 0. The van der Waals surface area contributed by atoms with Crippen molar-refractivity contribution in [1.82, 2.24) is 14.5 Å². The van der Waals surface area contributed by atoms with Crippen LogP contribution in [-0.2, 0) is 10.0 Å². The maximum Gasteiger partial charge on any atom is 0.248 e. The molecular weight excluding hydrogens is 264 g/mol. The van der Waals surface area contributed by atoms with E-state index in [4.69, 9.17) is 5.73 Å². The van der Waals surface area contributed by atoms with Crippen LogP contribution < -0.4 is 5.73 Å². The molecule has 0 saturated heterocycles. The Morgan fingerprint density at radius 3 is 2.32 bits per heavy atom. The molecule has 0 aromatic carbocycles. The first-order valence-corrected chi connectivity index (χ1v) is 8.09. The molecule has 110 valence electrons. The predicted octanol–water partition coefficient (Wildman–Crippen LogP) is 1.83. The van der Waals surface area contributed by atoms with Gasteiger partial charge in [0.05, 0.1) is 6.20 Å². The number of nitrogens with two attached hydrogens (primary N) is 1. The van der Waals surface area contributed by atoms with Gasteiger partial charge in [-0.25, -0.2) is 8.42 Å². The average molecular weight is 288 g/mol. The van der Waals surface area contributed by atoms with Crippen molar-refractivity contribution in [2.45, 2.75) is 51.5 Å². The summed E-state index contributed by atoms with van der Waals surface area (Å²) in [4.78, 5) is 0.0695. The number of rotatable bonds is 7. The van der Waals surface area contributed by atoms with Crippen molar-refractivity contribution < 1.29 is 8.42 Å². The summed E-state index contributed by atoms with van der Waals surface area (Å²) in [7, 11) is -3.59. The van der Waals surface area contributed by atoms with Crippen molar-refractivity contribution in [3.8, 4) is 0 Å². The molecule has 6 nitrogen and oxygen atoms in total. The van der Waals surface area contributed by atoms with E-state index in [1.165, 1.54) is 6.20 Å². The second-order valence-electron chi connectivity index (χ2n) is 5.09. The third-order valence-corrected chi connectivity index (χ3v) is 5.06. The number of nitrogen functional groups attached to an aromatic ring is 1. The number of nitrogens with zero attached hydrogens (tertiary/aromatic N) is 2. The van der Waals surface area contributed by atoms with Crippen LogP contribution in [-0.4, -0.2) is 35.5 Å². The highest BCUT2D eigenvalue weighted by Crippen LogP contribution is 2.25. The van der Waals surface area contributed by atoms with Gasteiger partial charge < -0.3 is 5.73 Å². The topological polar surface area (TPSA) is 92.1 Å². The fourth-order valence-electron chi connectivity index (χ4n) is 2.12. The number of hydrogen-bond acceptors (Lipinski definition) is 4. The van der Waals surface area contributed by atoms with Crippen LogP contribution in [0.15, 0.2) is 11.1 Å². The molecule has 0 bridgehead atoms. The lowest BCUT2D eigenvalue weighted by Crippen LogP contribution is -2.42. The summed E-state index contributed by atoms with van der Waals surface area (Å²) < 4.78 is 26.9. The molecule has 0 atom stereocenters. The molecule has 0 amide bonds. The summed E-state index contributed by atoms with van der Waals surface area (Å²) in [6.07, 6.45) is 2.83. The SMILES string of the molecule is CCC(CC)N(CC(C)C)S(=O)(=O)c1cn[nH]c1N. The van der Waals surface area contributed by atoms with Crippen LogP contribution in [0.25, 0.3) is 0 Å². The van der Waals surface area contributed by atoms with Crippen molar-refractivity contribution in [2.24, 2.45) is 5.92 Å². The van der Waals surface area contributed by atoms with Crippen LogP contribution in [0.4, 0.5) is 5.82 Å². The van der Waals surface area contributed by atoms with E-state index >= 15 is 0 Å². The Hall–Kier alpha value is -1.08. The Balaban J connectivity index is 3.20. The van der Waals surface area contributed by atoms with Gasteiger partial charge in [-0.15, -0.1) is 0 Å². The number of aromatic amines is 1. The van der Waals surface area contributed by atoms with Crippen LogP contribution in [0.1, 0.15) is 40.5 Å². The number of sulfonamides is 1. The smallest absolute Gasteiger partial charge is 0.248 e. The molecule has 7 heteroatoms. The summed E-state index contributed by atoms with van der Waals surface area (Å²) in [6, 6.07) is -0.0123. The summed E-state index contributed by atoms with van der Waals surface area (Å²) in [5.74, 6) is 0.350. The second kappa shape index (κ2) is 6.38. The number of hydrogen-bond donors (Lipinski definition) is 2. The summed E-state index contributed by atoms with van der Waals surface area (Å²) in [5, 5.41) is 6.18. The van der Waals surface area contributed by atoms with Crippen LogP contribution >= 0.6 is 0 Å². The third-order valence-electron chi connectivity index (χ3n) is 3.11. The molecule has 0 radical (unpaired) electrons. The first kappa shape index (κ1) is 16.0. The van der Waals surface area contributed by atoms with E-state index in [0.717, 1.165) is 12.8 Å². The van der Waals surface area contributed by atoms with E-state index in [1.807, 2.05) is 27.7 Å². The lowest BCUT2D eigenvalue weighted by atomic mass is 10.1. The lowest BCUT2D eigenvalue weighted by molar-refractivity contribution is 0.277. The fourth-order valence-corrected chi connectivity index (χ4v) is 4.06. The first-order valence-electron chi connectivity index (χ1n) is 6.65. The molecule has 19 heavy (non-hydrogen) atoms. The zero-order chi connectivity index (χ0) is 14.6. The molecule has 0 aliphatic carbocycles. The minimum atomic E-state index is -3.59. The van der Waals surface area contributed by atoms with E-state index < -0.39 is 10.0 Å². The van der Waals surface area contributed by atoms with Gasteiger partial charge in [-0.3, -0.25) is 5.10 Å². The van der Waals surface area contributed by atoms with Crippen LogP contribution in [0.2, 0.25) is 0 Å². The molecule has 1 rings (SSSR count). The van der Waals surface area contributed by atoms with Crippen LogP contribution in [0.3, 0.4) is 0 Å². The van der Waals surface area contributed by atoms with E-state index in [-0.39, 0.29) is 22.7 Å². The number of anilines is 1. The van der Waals surface area contributed by atoms with E-state index in [2.05, 4.69) is 10.2 Å². The van der Waals surface area contributed by atoms with Gasteiger partial charge in [0.1, 0.15) is 10.7 Å². The molecule has 0 aliphatic heterocycles. The number of nitrogens with one attached hydrogen (secondary N) is 1. The minimum Gasteiger partial charge on any atom is -0.383 e. The van der Waals surface area contributed by atoms with Gasteiger partial charge in [0, 0.05) is 12.6 Å². The molecule has 0 fully saturated rings. The molecule has 0 aliphatic rings. The molecular formula is C12H24N4O2S. The Morgan fingerprint density at radius 2 is 1.95 bits per heavy atom. The average Bonchev–Trinajstić information content (AvgIpc) is 2.76. The third kappa shape index (κ3) is 3.48. The van der Waals surface area contributed by atoms with Crippen LogP contribution in [0.5, 0.6) is 0 Å². The molecule has 3 N–H and O–H groups in total. The van der Waals surface area contributed by atoms with Gasteiger partial charge in [-0.05, 0) is 18.8 Å². The van der Waals surface area contributed by atoms with Gasteiger partial charge in [0.25, 0.3) is 0 Å². The maximum atomic E-state index is 12.7. The van der Waals surface area contributed by atoms with Crippen LogP contribution in [0, 0.1) is 5.92 Å².